The normalized spacial score (nSPS) is 17.0. The van der Waals surface area contributed by atoms with Crippen LogP contribution in [0.3, 0.4) is 0 Å². The number of ketones is 1. The van der Waals surface area contributed by atoms with Crippen molar-refractivity contribution in [2.45, 2.75) is 58.5 Å². The Morgan fingerprint density at radius 1 is 1.17 bits per heavy atom. The Labute approximate surface area is 208 Å². The quantitative estimate of drug-likeness (QED) is 0.425. The van der Waals surface area contributed by atoms with E-state index in [0.29, 0.717) is 35.2 Å². The highest BCUT2D eigenvalue weighted by Gasteiger charge is 2.35. The summed E-state index contributed by atoms with van der Waals surface area (Å²) in [5.41, 5.74) is 8.30. The second-order valence-electron chi connectivity index (χ2n) is 8.54. The summed E-state index contributed by atoms with van der Waals surface area (Å²) in [5.74, 6) is -1.17. The zero-order valence-corrected chi connectivity index (χ0v) is 20.5. The first kappa shape index (κ1) is 27.2. The molecular formula is C26H30F3N3O4. The molecule has 0 bridgehead atoms. The molecule has 0 saturated carbocycles. The topological polar surface area (TPSA) is 94.2 Å². The molecule has 0 saturated heterocycles. The van der Waals surface area contributed by atoms with Crippen LogP contribution in [0.1, 0.15) is 73.6 Å². The lowest BCUT2D eigenvalue weighted by molar-refractivity contribution is -0.275. The maximum Gasteiger partial charge on any atom is 0.573 e. The van der Waals surface area contributed by atoms with E-state index in [2.05, 4.69) is 9.84 Å². The third kappa shape index (κ3) is 6.42. The molecular weight excluding hydrogens is 475 g/mol. The van der Waals surface area contributed by atoms with Crippen molar-refractivity contribution in [3.05, 3.63) is 59.2 Å². The number of nitrogens with zero attached hydrogens (tertiary/aromatic N) is 2. The molecule has 2 N–H and O–H groups in total. The summed E-state index contributed by atoms with van der Waals surface area (Å²) in [5, 5.41) is 5.63. The average Bonchev–Trinajstić information content (AvgIpc) is 2.85. The minimum Gasteiger partial charge on any atom is -0.493 e. The number of hydrazone groups is 1. The van der Waals surface area contributed by atoms with Crippen LogP contribution in [-0.4, -0.2) is 35.9 Å². The van der Waals surface area contributed by atoms with Gasteiger partial charge in [0.1, 0.15) is 6.17 Å². The zero-order chi connectivity index (χ0) is 26.5. The number of unbranched alkanes of at least 4 members (excludes halogenated alkanes) is 1. The Bertz CT molecular complexity index is 1120. The predicted octanol–water partition coefficient (Wildman–Crippen LogP) is 5.59. The molecule has 0 radical (unpaired) electrons. The number of carbonyl (C=O) groups is 2. The SMILES string of the molecule is CCCCC(=O)c1ccc(C(N)N2N=C(c3ccc(OC)c(OC(F)(F)F)c3)C(CC)CC2=O)cc1. The summed E-state index contributed by atoms with van der Waals surface area (Å²) in [4.78, 5) is 25.2. The summed E-state index contributed by atoms with van der Waals surface area (Å²) >= 11 is 0. The molecule has 1 heterocycles. The van der Waals surface area contributed by atoms with Gasteiger partial charge in [0.05, 0.1) is 12.8 Å². The number of nitrogens with two attached hydrogens (primary N) is 1. The van der Waals surface area contributed by atoms with E-state index in [4.69, 9.17) is 10.5 Å². The van der Waals surface area contributed by atoms with Gasteiger partial charge in [-0.05, 0) is 36.6 Å². The fourth-order valence-electron chi connectivity index (χ4n) is 4.03. The minimum atomic E-state index is -4.90. The highest BCUT2D eigenvalue weighted by molar-refractivity contribution is 6.06. The molecule has 2 unspecified atom stereocenters. The van der Waals surface area contributed by atoms with Gasteiger partial charge in [0.2, 0.25) is 5.91 Å². The van der Waals surface area contributed by atoms with Crippen LogP contribution < -0.4 is 15.2 Å². The van der Waals surface area contributed by atoms with Crippen molar-refractivity contribution in [3.8, 4) is 11.5 Å². The number of amides is 1. The maximum atomic E-state index is 12.9. The van der Waals surface area contributed by atoms with Gasteiger partial charge in [0, 0.05) is 29.9 Å². The van der Waals surface area contributed by atoms with E-state index in [1.807, 2.05) is 13.8 Å². The van der Waals surface area contributed by atoms with E-state index >= 15 is 0 Å². The molecule has 2 aromatic rings. The van der Waals surface area contributed by atoms with Crippen LogP contribution in [0.2, 0.25) is 0 Å². The number of Topliss-reactive ketones (excluding diaryl/α,β-unsaturated/α-hetero) is 1. The summed E-state index contributed by atoms with van der Waals surface area (Å²) in [6, 6.07) is 10.8. The van der Waals surface area contributed by atoms with Crippen molar-refractivity contribution in [3.63, 3.8) is 0 Å². The molecule has 1 aliphatic rings. The number of halogens is 3. The molecule has 7 nitrogen and oxygen atoms in total. The number of rotatable bonds is 10. The van der Waals surface area contributed by atoms with E-state index in [9.17, 15) is 22.8 Å². The number of ether oxygens (including phenoxy) is 2. The lowest BCUT2D eigenvalue weighted by atomic mass is 9.89. The monoisotopic (exact) mass is 505 g/mol. The third-order valence-corrected chi connectivity index (χ3v) is 6.05. The van der Waals surface area contributed by atoms with Gasteiger partial charge >= 0.3 is 6.36 Å². The summed E-state index contributed by atoms with van der Waals surface area (Å²) in [6.45, 7) is 3.88. The second-order valence-corrected chi connectivity index (χ2v) is 8.54. The van der Waals surface area contributed by atoms with Gasteiger partial charge in [0.15, 0.2) is 17.3 Å². The molecule has 0 aliphatic carbocycles. The highest BCUT2D eigenvalue weighted by atomic mass is 19.4. The van der Waals surface area contributed by atoms with Gasteiger partial charge in [0.25, 0.3) is 0 Å². The van der Waals surface area contributed by atoms with Crippen molar-refractivity contribution in [1.29, 1.82) is 0 Å². The van der Waals surface area contributed by atoms with Gasteiger partial charge in [-0.1, -0.05) is 44.5 Å². The molecule has 10 heteroatoms. The van der Waals surface area contributed by atoms with Crippen LogP contribution in [0.5, 0.6) is 11.5 Å². The van der Waals surface area contributed by atoms with E-state index in [1.165, 1.54) is 19.2 Å². The van der Waals surface area contributed by atoms with Gasteiger partial charge in [-0.15, -0.1) is 13.2 Å². The van der Waals surface area contributed by atoms with Crippen LogP contribution in [0.4, 0.5) is 13.2 Å². The Kier molecular flexibility index (Phi) is 8.73. The maximum absolute atomic E-state index is 12.9. The van der Waals surface area contributed by atoms with Crippen LogP contribution in [0.25, 0.3) is 0 Å². The van der Waals surface area contributed by atoms with Crippen LogP contribution in [-0.2, 0) is 4.79 Å². The van der Waals surface area contributed by atoms with E-state index in [-0.39, 0.29) is 29.8 Å². The second kappa shape index (κ2) is 11.6. The minimum absolute atomic E-state index is 0.0356. The third-order valence-electron chi connectivity index (χ3n) is 6.05. The molecule has 1 amide bonds. The largest absolute Gasteiger partial charge is 0.573 e. The number of carbonyl (C=O) groups excluding carboxylic acids is 2. The zero-order valence-electron chi connectivity index (χ0n) is 20.5. The molecule has 2 aromatic carbocycles. The lowest BCUT2D eigenvalue weighted by Crippen LogP contribution is -2.42. The molecule has 0 aromatic heterocycles. The van der Waals surface area contributed by atoms with E-state index in [0.717, 1.165) is 17.9 Å². The fraction of sp³-hybridized carbons (Fsp3) is 0.423. The molecule has 3 rings (SSSR count). The summed E-state index contributed by atoms with van der Waals surface area (Å²) < 4.78 is 47.9. The van der Waals surface area contributed by atoms with Crippen LogP contribution in [0, 0.1) is 5.92 Å². The van der Waals surface area contributed by atoms with Crippen molar-refractivity contribution in [1.82, 2.24) is 5.01 Å². The van der Waals surface area contributed by atoms with Crippen molar-refractivity contribution in [2.75, 3.05) is 7.11 Å². The predicted molar refractivity (Wildman–Crippen MR) is 129 cm³/mol. The average molecular weight is 506 g/mol. The standard InChI is InChI=1S/C26H30F3N3O4/c1-4-6-7-20(33)17-8-10-18(11-9-17)25(30)32-23(34)15-16(5-2)24(31-32)19-12-13-21(35-3)22(14-19)36-26(27,28)29/h8-14,16,25H,4-7,15,30H2,1-3H3. The van der Waals surface area contributed by atoms with Gasteiger partial charge in [-0.2, -0.15) is 5.10 Å². The van der Waals surface area contributed by atoms with Gasteiger partial charge < -0.3 is 15.2 Å². The number of hydrogen-bond donors (Lipinski definition) is 1. The molecule has 1 aliphatic heterocycles. The van der Waals surface area contributed by atoms with Gasteiger partial charge in [-0.3, -0.25) is 9.59 Å². The molecule has 0 spiro atoms. The smallest absolute Gasteiger partial charge is 0.493 e. The van der Waals surface area contributed by atoms with Crippen LogP contribution in [0.15, 0.2) is 47.6 Å². The van der Waals surface area contributed by atoms with Crippen LogP contribution >= 0.6 is 0 Å². The molecule has 2 atom stereocenters. The Balaban J connectivity index is 1.93. The Hall–Kier alpha value is -3.40. The van der Waals surface area contributed by atoms with Crippen molar-refractivity contribution >= 4 is 17.4 Å². The summed E-state index contributed by atoms with van der Waals surface area (Å²) in [7, 11) is 1.24. The highest BCUT2D eigenvalue weighted by Crippen LogP contribution is 2.35. The van der Waals surface area contributed by atoms with E-state index in [1.54, 1.807) is 30.3 Å². The molecule has 0 fully saturated rings. The first-order valence-corrected chi connectivity index (χ1v) is 11.8. The fourth-order valence-corrected chi connectivity index (χ4v) is 4.03. The first-order chi connectivity index (χ1) is 17.1. The molecule has 36 heavy (non-hydrogen) atoms. The Morgan fingerprint density at radius 3 is 2.44 bits per heavy atom. The number of benzene rings is 2. The van der Waals surface area contributed by atoms with Gasteiger partial charge in [-0.25, -0.2) is 5.01 Å². The van der Waals surface area contributed by atoms with Crippen molar-refractivity contribution < 1.29 is 32.2 Å². The first-order valence-electron chi connectivity index (χ1n) is 11.8. The Morgan fingerprint density at radius 2 is 1.86 bits per heavy atom. The summed E-state index contributed by atoms with van der Waals surface area (Å²) in [6.07, 6.45) is -3.02. The van der Waals surface area contributed by atoms with E-state index < -0.39 is 18.3 Å². The number of methoxy groups -OCH3 is 1. The number of alkyl halides is 3. The van der Waals surface area contributed by atoms with Crippen molar-refractivity contribution in [2.24, 2.45) is 16.8 Å². The molecule has 194 valence electrons. The lowest BCUT2D eigenvalue weighted by Gasteiger charge is -2.33. The number of hydrogen-bond acceptors (Lipinski definition) is 6.